The lowest BCUT2D eigenvalue weighted by Gasteiger charge is -2.38. The number of Topliss-reactive ketones (excluding diaryl/α,β-unsaturated/α-hetero) is 1. The molecule has 0 fully saturated rings. The number of benzene rings is 2. The average Bonchev–Trinajstić information content (AvgIpc) is 2.88. The fourth-order valence-corrected chi connectivity index (χ4v) is 4.83. The van der Waals surface area contributed by atoms with Crippen LogP contribution in [-0.4, -0.2) is 38.5 Å². The molecule has 1 amide bonds. The number of ketones is 1. The minimum atomic E-state index is -0.353. The normalized spacial score (nSPS) is 19.3. The first-order valence-corrected chi connectivity index (χ1v) is 11.5. The fourth-order valence-electron chi connectivity index (χ4n) is 4.83. The highest BCUT2D eigenvalue weighted by atomic mass is 16.5. The van der Waals surface area contributed by atoms with E-state index in [0.717, 1.165) is 40.2 Å². The van der Waals surface area contributed by atoms with Gasteiger partial charge in [-0.3, -0.25) is 9.59 Å². The molecule has 6 heteroatoms. The molecule has 0 spiro atoms. The number of fused-ring (bicyclic) bond motifs is 1. The van der Waals surface area contributed by atoms with Gasteiger partial charge >= 0.3 is 0 Å². The Kier molecular flexibility index (Phi) is 6.56. The van der Waals surface area contributed by atoms with Crippen LogP contribution < -0.4 is 15.5 Å². The van der Waals surface area contributed by atoms with Gasteiger partial charge in [0.25, 0.3) is 0 Å². The number of allylic oxidation sites excluding steroid dienone is 1. The van der Waals surface area contributed by atoms with Gasteiger partial charge in [0.1, 0.15) is 0 Å². The van der Waals surface area contributed by atoms with Gasteiger partial charge in [-0.25, -0.2) is 0 Å². The van der Waals surface area contributed by atoms with Crippen LogP contribution in [0.5, 0.6) is 0 Å². The second-order valence-electron chi connectivity index (χ2n) is 9.76. The molecule has 2 aromatic rings. The summed E-state index contributed by atoms with van der Waals surface area (Å²) in [6.07, 6.45) is 1.26. The van der Waals surface area contributed by atoms with Crippen molar-refractivity contribution in [1.29, 1.82) is 0 Å². The molecule has 1 atom stereocenters. The average molecular weight is 448 g/mol. The first-order chi connectivity index (χ1) is 15.8. The number of nitrogens with one attached hydrogen (secondary N) is 2. The molecule has 1 aliphatic carbocycles. The Bertz CT molecular complexity index is 1070. The van der Waals surface area contributed by atoms with Crippen molar-refractivity contribution < 1.29 is 14.3 Å². The lowest BCUT2D eigenvalue weighted by atomic mass is 9.73. The van der Waals surface area contributed by atoms with E-state index >= 15 is 0 Å². The van der Waals surface area contributed by atoms with E-state index in [1.807, 2.05) is 31.2 Å². The van der Waals surface area contributed by atoms with E-state index in [1.54, 1.807) is 7.11 Å². The monoisotopic (exact) mass is 447 g/mol. The number of methoxy groups -OCH3 is 1. The molecular weight excluding hydrogens is 414 g/mol. The van der Waals surface area contributed by atoms with Crippen LogP contribution >= 0.6 is 0 Å². The highest BCUT2D eigenvalue weighted by Gasteiger charge is 2.41. The highest BCUT2D eigenvalue weighted by Crippen LogP contribution is 2.48. The summed E-state index contributed by atoms with van der Waals surface area (Å²) < 4.78 is 5.07. The Morgan fingerprint density at radius 2 is 1.88 bits per heavy atom. The minimum absolute atomic E-state index is 0.105. The predicted molar refractivity (Wildman–Crippen MR) is 131 cm³/mol. The third-order valence-electron chi connectivity index (χ3n) is 6.34. The summed E-state index contributed by atoms with van der Waals surface area (Å²) in [7, 11) is 1.61. The first-order valence-electron chi connectivity index (χ1n) is 11.5. The number of carbonyl (C=O) groups is 2. The van der Waals surface area contributed by atoms with Crippen LogP contribution in [0.15, 0.2) is 59.8 Å². The SMILES string of the molecule is COCCNC(=O)CN1c2ccccc2NC2=C(C(=O)CC(C)(C)C2)[C@H]1c1ccc(C)cc1. The first kappa shape index (κ1) is 23.1. The van der Waals surface area contributed by atoms with Crippen LogP contribution in [0, 0.1) is 12.3 Å². The van der Waals surface area contributed by atoms with Crippen molar-refractivity contribution >= 4 is 23.1 Å². The molecule has 33 heavy (non-hydrogen) atoms. The second-order valence-corrected chi connectivity index (χ2v) is 9.76. The van der Waals surface area contributed by atoms with Crippen LogP contribution in [-0.2, 0) is 14.3 Å². The molecule has 174 valence electrons. The van der Waals surface area contributed by atoms with Crippen molar-refractivity contribution in [1.82, 2.24) is 5.32 Å². The summed E-state index contributed by atoms with van der Waals surface area (Å²) in [5, 5.41) is 6.51. The van der Waals surface area contributed by atoms with Gasteiger partial charge in [-0.1, -0.05) is 55.8 Å². The van der Waals surface area contributed by atoms with Crippen molar-refractivity contribution in [2.24, 2.45) is 5.41 Å². The lowest BCUT2D eigenvalue weighted by Crippen LogP contribution is -2.42. The van der Waals surface area contributed by atoms with E-state index in [9.17, 15) is 9.59 Å². The molecular formula is C27H33N3O3. The molecule has 2 aromatic carbocycles. The van der Waals surface area contributed by atoms with Crippen molar-refractivity contribution in [2.45, 2.75) is 39.7 Å². The van der Waals surface area contributed by atoms with Gasteiger partial charge in [-0.2, -0.15) is 0 Å². The Morgan fingerprint density at radius 3 is 2.61 bits per heavy atom. The molecule has 1 heterocycles. The quantitative estimate of drug-likeness (QED) is 0.644. The molecule has 0 saturated carbocycles. The van der Waals surface area contributed by atoms with Crippen LogP contribution in [0.1, 0.15) is 43.9 Å². The molecule has 0 unspecified atom stereocenters. The summed E-state index contributed by atoms with van der Waals surface area (Å²) in [5.41, 5.74) is 5.57. The van der Waals surface area contributed by atoms with Crippen LogP contribution in [0.4, 0.5) is 11.4 Å². The van der Waals surface area contributed by atoms with Crippen LogP contribution in [0.3, 0.4) is 0 Å². The van der Waals surface area contributed by atoms with Gasteiger partial charge in [-0.05, 0) is 36.5 Å². The van der Waals surface area contributed by atoms with E-state index in [4.69, 9.17) is 4.74 Å². The number of anilines is 2. The minimum Gasteiger partial charge on any atom is -0.383 e. The molecule has 0 aromatic heterocycles. The number of amides is 1. The fraction of sp³-hybridized carbons (Fsp3) is 0.407. The topological polar surface area (TPSA) is 70.7 Å². The zero-order chi connectivity index (χ0) is 23.6. The van der Waals surface area contributed by atoms with Gasteiger partial charge in [-0.15, -0.1) is 0 Å². The Morgan fingerprint density at radius 1 is 1.15 bits per heavy atom. The van der Waals surface area contributed by atoms with Gasteiger partial charge in [0.05, 0.1) is 30.6 Å². The molecule has 0 radical (unpaired) electrons. The van der Waals surface area contributed by atoms with Gasteiger partial charge < -0.3 is 20.3 Å². The maximum absolute atomic E-state index is 13.6. The van der Waals surface area contributed by atoms with E-state index in [2.05, 4.69) is 53.6 Å². The maximum Gasteiger partial charge on any atom is 0.239 e. The standard InChI is InChI=1S/C27H33N3O3/c1-18-9-11-19(12-10-18)26-25-21(15-27(2,3)16-23(25)31)29-20-7-5-6-8-22(20)30(26)17-24(32)28-13-14-33-4/h5-12,26,29H,13-17H2,1-4H3,(H,28,32)/t26-/m1/s1. The molecule has 1 aliphatic heterocycles. The zero-order valence-electron chi connectivity index (χ0n) is 19.9. The summed E-state index contributed by atoms with van der Waals surface area (Å²) in [5.74, 6) is 0.0310. The Labute approximate surface area is 196 Å². The number of hydrogen-bond acceptors (Lipinski definition) is 5. The van der Waals surface area contributed by atoms with Gasteiger partial charge in [0.2, 0.25) is 5.91 Å². The highest BCUT2D eigenvalue weighted by molar-refractivity contribution is 6.01. The molecule has 2 N–H and O–H groups in total. The predicted octanol–water partition coefficient (Wildman–Crippen LogP) is 4.37. The Balaban J connectivity index is 1.85. The van der Waals surface area contributed by atoms with E-state index in [-0.39, 0.29) is 29.7 Å². The van der Waals surface area contributed by atoms with Crippen molar-refractivity contribution in [3.05, 3.63) is 70.9 Å². The number of ether oxygens (including phenoxy) is 1. The number of para-hydroxylation sites is 2. The molecule has 0 bridgehead atoms. The zero-order valence-corrected chi connectivity index (χ0v) is 19.9. The second kappa shape index (κ2) is 9.40. The van der Waals surface area contributed by atoms with Gasteiger partial charge in [0.15, 0.2) is 5.78 Å². The van der Waals surface area contributed by atoms with E-state index in [1.165, 1.54) is 0 Å². The van der Waals surface area contributed by atoms with Crippen molar-refractivity contribution in [3.63, 3.8) is 0 Å². The molecule has 2 aliphatic rings. The molecule has 0 saturated heterocycles. The number of nitrogens with zero attached hydrogens (tertiary/aromatic N) is 1. The largest absolute Gasteiger partial charge is 0.383 e. The number of rotatable bonds is 6. The Hall–Kier alpha value is -3.12. The lowest BCUT2D eigenvalue weighted by molar-refractivity contribution is -0.121. The van der Waals surface area contributed by atoms with Crippen molar-refractivity contribution in [2.75, 3.05) is 37.0 Å². The summed E-state index contributed by atoms with van der Waals surface area (Å²) in [6.45, 7) is 7.35. The van der Waals surface area contributed by atoms with Crippen LogP contribution in [0.2, 0.25) is 0 Å². The summed E-state index contributed by atoms with van der Waals surface area (Å²) >= 11 is 0. The summed E-state index contributed by atoms with van der Waals surface area (Å²) in [6, 6.07) is 15.9. The maximum atomic E-state index is 13.6. The third-order valence-corrected chi connectivity index (χ3v) is 6.34. The summed E-state index contributed by atoms with van der Waals surface area (Å²) in [4.78, 5) is 28.6. The molecule has 4 rings (SSSR count). The number of aryl methyl sites for hydroxylation is 1. The van der Waals surface area contributed by atoms with Crippen molar-refractivity contribution in [3.8, 4) is 0 Å². The number of carbonyl (C=O) groups excluding carboxylic acids is 2. The van der Waals surface area contributed by atoms with E-state index in [0.29, 0.717) is 19.6 Å². The van der Waals surface area contributed by atoms with Gasteiger partial charge in [0, 0.05) is 31.3 Å². The smallest absolute Gasteiger partial charge is 0.239 e. The third kappa shape index (κ3) is 4.96. The number of hydrogen-bond donors (Lipinski definition) is 2. The van der Waals surface area contributed by atoms with Crippen LogP contribution in [0.25, 0.3) is 0 Å². The molecule has 6 nitrogen and oxygen atoms in total. The van der Waals surface area contributed by atoms with E-state index < -0.39 is 0 Å².